The van der Waals surface area contributed by atoms with Crippen LogP contribution < -0.4 is 4.72 Å². The Morgan fingerprint density at radius 3 is 2.50 bits per heavy atom. The van der Waals surface area contributed by atoms with Gasteiger partial charge in [0.05, 0.1) is 20.1 Å². The Kier molecular flexibility index (Phi) is 6.38. The molecule has 96 valence electrons. The fourth-order valence-electron chi connectivity index (χ4n) is 0.749. The van der Waals surface area contributed by atoms with Gasteiger partial charge in [0.2, 0.25) is 0 Å². The molecule has 0 aliphatic carbocycles. The van der Waals surface area contributed by atoms with Gasteiger partial charge in [-0.1, -0.05) is 0 Å². The Hall–Kier alpha value is -0.800. The van der Waals surface area contributed by atoms with Crippen molar-refractivity contribution in [2.45, 2.75) is 12.8 Å². The number of methoxy groups -OCH3 is 1. The highest BCUT2D eigenvalue weighted by atomic mass is 32.2. The Morgan fingerprint density at radius 2 is 2.06 bits per heavy atom. The summed E-state index contributed by atoms with van der Waals surface area (Å²) in [5, 5.41) is 0. The molecule has 0 aromatic carbocycles. The van der Waals surface area contributed by atoms with E-state index in [1.54, 1.807) is 4.72 Å². The van der Waals surface area contributed by atoms with Crippen LogP contribution >= 0.6 is 0 Å². The minimum Gasteiger partial charge on any atom is -0.469 e. The maximum absolute atomic E-state index is 11.8. The van der Waals surface area contributed by atoms with Crippen molar-refractivity contribution in [2.75, 3.05) is 27.2 Å². The van der Waals surface area contributed by atoms with Gasteiger partial charge in [0, 0.05) is 13.6 Å². The number of esters is 1. The second-order valence-electron chi connectivity index (χ2n) is 2.89. The van der Waals surface area contributed by atoms with Crippen molar-refractivity contribution in [3.63, 3.8) is 0 Å². The summed E-state index contributed by atoms with van der Waals surface area (Å²) in [6, 6.07) is 0. The molecule has 0 aromatic rings. The number of nitrogens with one attached hydrogen (secondary N) is 1. The largest absolute Gasteiger partial charge is 0.469 e. The molecule has 0 saturated carbocycles. The SMILES string of the molecule is COC(=O)CCN(C)S(=O)(=O)NCC(F)F. The number of nitrogens with zero attached hydrogens (tertiary/aromatic N) is 1. The van der Waals surface area contributed by atoms with Crippen molar-refractivity contribution in [1.82, 2.24) is 9.03 Å². The van der Waals surface area contributed by atoms with Crippen LogP contribution in [0.3, 0.4) is 0 Å². The third kappa shape index (κ3) is 5.93. The van der Waals surface area contributed by atoms with E-state index in [0.29, 0.717) is 0 Å². The average Bonchev–Trinajstić information content (AvgIpc) is 2.22. The molecule has 0 unspecified atom stereocenters. The van der Waals surface area contributed by atoms with Gasteiger partial charge < -0.3 is 4.74 Å². The topological polar surface area (TPSA) is 75.7 Å². The molecule has 0 radical (unpaired) electrons. The second-order valence-corrected chi connectivity index (χ2v) is 4.75. The normalized spacial score (nSPS) is 12.1. The Morgan fingerprint density at radius 1 is 1.50 bits per heavy atom. The zero-order valence-corrected chi connectivity index (χ0v) is 9.76. The molecule has 0 aliphatic rings. The van der Waals surface area contributed by atoms with Crippen molar-refractivity contribution in [2.24, 2.45) is 0 Å². The van der Waals surface area contributed by atoms with Crippen LogP contribution in [0.5, 0.6) is 0 Å². The van der Waals surface area contributed by atoms with E-state index in [4.69, 9.17) is 0 Å². The molecule has 0 bridgehead atoms. The van der Waals surface area contributed by atoms with Crippen LogP contribution in [0.4, 0.5) is 8.78 Å². The fourth-order valence-corrected chi connectivity index (χ4v) is 1.64. The fraction of sp³-hybridized carbons (Fsp3) is 0.857. The number of hydrogen-bond donors (Lipinski definition) is 1. The van der Waals surface area contributed by atoms with Gasteiger partial charge in [-0.2, -0.15) is 17.4 Å². The zero-order valence-electron chi connectivity index (χ0n) is 8.94. The van der Waals surface area contributed by atoms with Crippen molar-refractivity contribution in [1.29, 1.82) is 0 Å². The van der Waals surface area contributed by atoms with Crippen LogP contribution in [0.2, 0.25) is 0 Å². The highest BCUT2D eigenvalue weighted by Crippen LogP contribution is 1.98. The Bertz CT molecular complexity index is 320. The van der Waals surface area contributed by atoms with Crippen molar-refractivity contribution < 1.29 is 26.7 Å². The summed E-state index contributed by atoms with van der Waals surface area (Å²) < 4.78 is 52.9. The van der Waals surface area contributed by atoms with Crippen LogP contribution in [0.25, 0.3) is 0 Å². The quantitative estimate of drug-likeness (QED) is 0.631. The molecule has 1 N–H and O–H groups in total. The molecular weight excluding hydrogens is 246 g/mol. The van der Waals surface area contributed by atoms with Crippen molar-refractivity contribution in [3.05, 3.63) is 0 Å². The number of ether oxygens (including phenoxy) is 1. The highest BCUT2D eigenvalue weighted by molar-refractivity contribution is 7.87. The summed E-state index contributed by atoms with van der Waals surface area (Å²) in [5.41, 5.74) is 0. The minimum absolute atomic E-state index is 0.134. The number of halogens is 2. The molecule has 0 heterocycles. The van der Waals surface area contributed by atoms with Gasteiger partial charge in [0.15, 0.2) is 0 Å². The second kappa shape index (κ2) is 6.71. The van der Waals surface area contributed by atoms with Crippen molar-refractivity contribution in [3.8, 4) is 0 Å². The Balaban J connectivity index is 4.14. The Labute approximate surface area is 92.7 Å². The number of alkyl halides is 2. The van der Waals surface area contributed by atoms with E-state index < -0.39 is 29.1 Å². The molecule has 0 amide bonds. The van der Waals surface area contributed by atoms with E-state index in [1.165, 1.54) is 14.2 Å². The van der Waals surface area contributed by atoms with Crippen LogP contribution in [0, 0.1) is 0 Å². The van der Waals surface area contributed by atoms with Gasteiger partial charge in [-0.15, -0.1) is 0 Å². The molecule has 0 aliphatic heterocycles. The summed E-state index contributed by atoms with van der Waals surface area (Å²) in [7, 11) is -1.61. The summed E-state index contributed by atoms with van der Waals surface area (Å²) in [5.74, 6) is -0.573. The molecule has 0 spiro atoms. The molecule has 16 heavy (non-hydrogen) atoms. The van der Waals surface area contributed by atoms with Crippen LogP contribution in [0.1, 0.15) is 6.42 Å². The molecular formula is C7H14F2N2O4S. The summed E-state index contributed by atoms with van der Waals surface area (Å²) in [4.78, 5) is 10.7. The summed E-state index contributed by atoms with van der Waals surface area (Å²) >= 11 is 0. The molecule has 0 rings (SSSR count). The van der Waals surface area contributed by atoms with E-state index in [1.807, 2.05) is 0 Å². The van der Waals surface area contributed by atoms with Gasteiger partial charge in [-0.05, 0) is 0 Å². The number of carbonyl (C=O) groups is 1. The zero-order chi connectivity index (χ0) is 12.8. The smallest absolute Gasteiger partial charge is 0.306 e. The third-order valence-corrected chi connectivity index (χ3v) is 3.22. The van der Waals surface area contributed by atoms with Gasteiger partial charge in [0.25, 0.3) is 16.6 Å². The monoisotopic (exact) mass is 260 g/mol. The lowest BCUT2D eigenvalue weighted by Gasteiger charge is -2.16. The van der Waals surface area contributed by atoms with E-state index in [0.717, 1.165) is 4.31 Å². The van der Waals surface area contributed by atoms with E-state index in [9.17, 15) is 22.0 Å². The van der Waals surface area contributed by atoms with Gasteiger partial charge >= 0.3 is 5.97 Å². The lowest BCUT2D eigenvalue weighted by molar-refractivity contribution is -0.140. The summed E-state index contributed by atoms with van der Waals surface area (Å²) in [6.45, 7) is -1.09. The highest BCUT2D eigenvalue weighted by Gasteiger charge is 2.19. The maximum atomic E-state index is 11.8. The van der Waals surface area contributed by atoms with Gasteiger partial charge in [0.1, 0.15) is 0 Å². The van der Waals surface area contributed by atoms with Gasteiger partial charge in [-0.25, -0.2) is 8.78 Å². The van der Waals surface area contributed by atoms with E-state index in [-0.39, 0.29) is 13.0 Å². The number of carbonyl (C=O) groups excluding carboxylic acids is 1. The van der Waals surface area contributed by atoms with Crippen LogP contribution in [0.15, 0.2) is 0 Å². The third-order valence-electron chi connectivity index (χ3n) is 1.69. The first-order chi connectivity index (χ1) is 7.29. The van der Waals surface area contributed by atoms with Crippen LogP contribution in [-0.4, -0.2) is 52.4 Å². The molecule has 0 fully saturated rings. The number of rotatable bonds is 7. The maximum Gasteiger partial charge on any atom is 0.306 e. The molecule has 0 aromatic heterocycles. The molecule has 6 nitrogen and oxygen atoms in total. The standard InChI is InChI=1S/C7H14F2N2O4S/c1-11(4-3-7(12)15-2)16(13,14)10-5-6(8)9/h6,10H,3-5H2,1-2H3. The molecule has 9 heteroatoms. The lowest BCUT2D eigenvalue weighted by Crippen LogP contribution is -2.41. The average molecular weight is 260 g/mol. The predicted octanol–water partition coefficient (Wildman–Crippen LogP) is -0.419. The predicted molar refractivity (Wildman–Crippen MR) is 52.2 cm³/mol. The lowest BCUT2D eigenvalue weighted by atomic mass is 10.4. The minimum atomic E-state index is -3.96. The first kappa shape index (κ1) is 15.2. The molecule has 0 saturated heterocycles. The summed E-state index contributed by atoms with van der Waals surface area (Å²) in [6.07, 6.45) is -2.90. The van der Waals surface area contributed by atoms with Crippen molar-refractivity contribution >= 4 is 16.2 Å². The van der Waals surface area contributed by atoms with E-state index >= 15 is 0 Å². The van der Waals surface area contributed by atoms with Gasteiger partial charge in [-0.3, -0.25) is 4.79 Å². The first-order valence-corrected chi connectivity index (χ1v) is 5.79. The van der Waals surface area contributed by atoms with Crippen LogP contribution in [-0.2, 0) is 19.7 Å². The first-order valence-electron chi connectivity index (χ1n) is 4.35. The number of hydrogen-bond acceptors (Lipinski definition) is 4. The molecule has 0 atom stereocenters. The van der Waals surface area contributed by atoms with E-state index in [2.05, 4.69) is 4.74 Å².